The topological polar surface area (TPSA) is 279 Å². The van der Waals surface area contributed by atoms with E-state index in [0.29, 0.717) is 12.8 Å². The van der Waals surface area contributed by atoms with Gasteiger partial charge in [0, 0.05) is 19.8 Å². The van der Waals surface area contributed by atoms with Crippen molar-refractivity contribution in [2.75, 3.05) is 6.61 Å². The van der Waals surface area contributed by atoms with Crippen molar-refractivity contribution in [2.24, 2.45) is 5.73 Å². The lowest BCUT2D eigenvalue weighted by molar-refractivity contribution is -0.267. The number of amides is 4. The first kappa shape index (κ1) is 61.1. The number of carbonyl (C=O) groups is 7. The second kappa shape index (κ2) is 37.1. The highest BCUT2D eigenvalue weighted by molar-refractivity contribution is 5.92. The van der Waals surface area contributed by atoms with Gasteiger partial charge in [-0.25, -0.2) is 0 Å². The van der Waals surface area contributed by atoms with Crippen molar-refractivity contribution in [3.63, 3.8) is 0 Å². The van der Waals surface area contributed by atoms with Crippen LogP contribution in [0.4, 0.5) is 0 Å². The minimum absolute atomic E-state index is 0.232. The van der Waals surface area contributed by atoms with E-state index in [1.165, 1.54) is 104 Å². The van der Waals surface area contributed by atoms with Gasteiger partial charge in [-0.05, 0) is 39.5 Å². The lowest BCUT2D eigenvalue weighted by Crippen LogP contribution is -2.66. The highest BCUT2D eigenvalue weighted by atomic mass is 16.6. The largest absolute Gasteiger partial charge is 0.481 e. The molecule has 67 heavy (non-hydrogen) atoms. The quantitative estimate of drug-likeness (QED) is 0.0277. The Morgan fingerprint density at radius 2 is 1.16 bits per heavy atom. The Hall–Kier alpha value is -3.87. The smallest absolute Gasteiger partial charge is 0.309 e. The zero-order valence-electron chi connectivity index (χ0n) is 41.4. The van der Waals surface area contributed by atoms with E-state index in [-0.39, 0.29) is 25.2 Å². The predicted molar refractivity (Wildman–Crippen MR) is 252 cm³/mol. The van der Waals surface area contributed by atoms with Gasteiger partial charge in [0.25, 0.3) is 0 Å². The molecule has 4 amide bonds. The van der Waals surface area contributed by atoms with E-state index in [1.807, 2.05) is 0 Å². The molecule has 0 aromatic carbocycles. The SMILES string of the molecule is CCCCCCCCCCCCCC(=O)O[C@H](CCCCCCCCCCCCC)CC(=O)OC[C@H]1OC(O)[C@H](NC(C)=O)[C@H](OC(C)C(=O)N[C@@H](C)C(=O)N[C@H](CCC(=O)O)C(N)=O)[C@@H]1O. The molecule has 0 radical (unpaired) electrons. The maximum atomic E-state index is 13.3. The molecule has 8 N–H and O–H groups in total. The monoisotopic (exact) mass is 957 g/mol. The number of nitrogens with two attached hydrogens (primary N) is 1. The maximum Gasteiger partial charge on any atom is 0.309 e. The Morgan fingerprint density at radius 1 is 0.657 bits per heavy atom. The van der Waals surface area contributed by atoms with Gasteiger partial charge < -0.3 is 56.0 Å². The van der Waals surface area contributed by atoms with Crippen molar-refractivity contribution in [1.82, 2.24) is 16.0 Å². The van der Waals surface area contributed by atoms with E-state index >= 15 is 0 Å². The van der Waals surface area contributed by atoms with Gasteiger partial charge in [-0.3, -0.25) is 33.6 Å². The molecule has 0 aromatic heterocycles. The van der Waals surface area contributed by atoms with Gasteiger partial charge in [0.2, 0.25) is 23.6 Å². The van der Waals surface area contributed by atoms with Crippen LogP contribution in [0, 0.1) is 0 Å². The number of aliphatic hydroxyl groups excluding tert-OH is 2. The van der Waals surface area contributed by atoms with Gasteiger partial charge in [-0.1, -0.05) is 142 Å². The molecular weight excluding hydrogens is 869 g/mol. The van der Waals surface area contributed by atoms with Gasteiger partial charge in [-0.15, -0.1) is 0 Å². The van der Waals surface area contributed by atoms with Crippen LogP contribution in [0.15, 0.2) is 0 Å². The number of aliphatic carboxylic acids is 1. The summed E-state index contributed by atoms with van der Waals surface area (Å²) < 4.78 is 22.8. The molecule has 9 atom stereocenters. The lowest BCUT2D eigenvalue weighted by atomic mass is 9.96. The zero-order valence-corrected chi connectivity index (χ0v) is 41.4. The summed E-state index contributed by atoms with van der Waals surface area (Å²) >= 11 is 0. The third-order valence-corrected chi connectivity index (χ3v) is 12.1. The predicted octanol–water partition coefficient (Wildman–Crippen LogP) is 5.93. The fourth-order valence-electron chi connectivity index (χ4n) is 8.00. The molecule has 1 aliphatic rings. The van der Waals surface area contributed by atoms with E-state index in [9.17, 15) is 43.8 Å². The van der Waals surface area contributed by atoms with Crippen LogP contribution in [0.2, 0.25) is 0 Å². The summed E-state index contributed by atoms with van der Waals surface area (Å²) in [6.07, 6.45) is 16.6. The van der Waals surface area contributed by atoms with Crippen LogP contribution in [-0.2, 0) is 52.5 Å². The first-order chi connectivity index (χ1) is 32.0. The summed E-state index contributed by atoms with van der Waals surface area (Å²) in [6.45, 7) is 7.63. The number of esters is 2. The number of ether oxygens (including phenoxy) is 4. The molecule has 18 nitrogen and oxygen atoms in total. The van der Waals surface area contributed by atoms with Gasteiger partial charge in [-0.2, -0.15) is 0 Å². The number of primary amides is 1. The van der Waals surface area contributed by atoms with Gasteiger partial charge in [0.1, 0.15) is 55.3 Å². The van der Waals surface area contributed by atoms with Crippen molar-refractivity contribution >= 4 is 41.5 Å². The Morgan fingerprint density at radius 3 is 1.66 bits per heavy atom. The molecule has 0 bridgehead atoms. The number of hydrogen-bond donors (Lipinski definition) is 7. The van der Waals surface area contributed by atoms with E-state index < -0.39 is 104 Å². The Kier molecular flexibility index (Phi) is 33.8. The van der Waals surface area contributed by atoms with E-state index in [1.54, 1.807) is 0 Å². The number of carbonyl (C=O) groups excluding carboxylic acids is 6. The molecule has 2 unspecified atom stereocenters. The fourth-order valence-corrected chi connectivity index (χ4v) is 8.00. The average Bonchev–Trinajstić information content (AvgIpc) is 3.27. The molecule has 1 fully saturated rings. The molecule has 388 valence electrons. The number of nitrogens with one attached hydrogen (secondary N) is 3. The number of unbranched alkanes of at least 4 members (excludes halogenated alkanes) is 20. The minimum atomic E-state index is -1.78. The van der Waals surface area contributed by atoms with E-state index in [0.717, 1.165) is 51.9 Å². The molecule has 0 aromatic rings. The normalized spacial score (nSPS) is 19.9. The summed E-state index contributed by atoms with van der Waals surface area (Å²) in [6, 6.07) is -3.94. The molecule has 1 rings (SSSR count). The van der Waals surface area contributed by atoms with Crippen LogP contribution >= 0.6 is 0 Å². The highest BCUT2D eigenvalue weighted by Gasteiger charge is 2.47. The summed E-state index contributed by atoms with van der Waals surface area (Å²) in [5.74, 6) is -5.56. The molecule has 1 saturated heterocycles. The Labute approximate surface area is 399 Å². The standard InChI is InChI=1S/C49H88N4O14/c1-6-8-10-12-14-16-18-20-22-24-26-28-37(66-41(57)29-27-25-23-21-19-17-15-13-11-9-7-2)32-42(58)64-33-39-44(59)45(43(49(63)67-39)52-36(5)54)65-35(4)48(62)51-34(3)47(61)53-38(46(50)60)30-31-40(55)56/h34-35,37-39,43-45,49,59,63H,6-33H2,1-5H3,(H2,50,60)(H,51,62)(H,52,54)(H,53,61)(H,55,56)/t34-,35?,37+,38+,39+,43+,44+,45-,49?/m0/s1. The second-order valence-electron chi connectivity index (χ2n) is 18.3. The molecule has 1 aliphatic heterocycles. The molecule has 0 aliphatic carbocycles. The zero-order chi connectivity index (χ0) is 50.0. The van der Waals surface area contributed by atoms with Gasteiger partial charge in [0.15, 0.2) is 6.29 Å². The Balaban J connectivity index is 2.86. The van der Waals surface area contributed by atoms with Gasteiger partial charge in [0.05, 0.1) is 6.42 Å². The summed E-state index contributed by atoms with van der Waals surface area (Å²) in [5, 5.41) is 38.4. The Bertz CT molecular complexity index is 1440. The molecule has 0 spiro atoms. The van der Waals surface area contributed by atoms with Crippen LogP contribution in [0.1, 0.15) is 208 Å². The number of rotatable bonds is 40. The van der Waals surface area contributed by atoms with Crippen molar-refractivity contribution in [3.05, 3.63) is 0 Å². The fraction of sp³-hybridized carbons (Fsp3) is 0.857. The second-order valence-corrected chi connectivity index (χ2v) is 18.3. The van der Waals surface area contributed by atoms with Gasteiger partial charge >= 0.3 is 17.9 Å². The summed E-state index contributed by atoms with van der Waals surface area (Å²) in [4.78, 5) is 86.9. The molecule has 18 heteroatoms. The molecular formula is C49H88N4O14. The van der Waals surface area contributed by atoms with Crippen LogP contribution in [0.3, 0.4) is 0 Å². The summed E-state index contributed by atoms with van der Waals surface area (Å²) in [7, 11) is 0. The third kappa shape index (κ3) is 28.9. The van der Waals surface area contributed by atoms with Crippen LogP contribution in [-0.4, -0.2) is 118 Å². The average molecular weight is 957 g/mol. The van der Waals surface area contributed by atoms with Crippen LogP contribution in [0.5, 0.6) is 0 Å². The maximum absolute atomic E-state index is 13.3. The molecule has 1 heterocycles. The van der Waals surface area contributed by atoms with Crippen molar-refractivity contribution in [2.45, 2.75) is 263 Å². The number of carboxylic acid groups (broad SMARTS) is 1. The first-order valence-corrected chi connectivity index (χ1v) is 25.4. The van der Waals surface area contributed by atoms with Crippen LogP contribution < -0.4 is 21.7 Å². The van der Waals surface area contributed by atoms with Crippen molar-refractivity contribution in [3.8, 4) is 0 Å². The molecule has 0 saturated carbocycles. The number of aliphatic hydroxyl groups is 2. The van der Waals surface area contributed by atoms with Crippen LogP contribution in [0.25, 0.3) is 0 Å². The number of carboxylic acids is 1. The lowest BCUT2D eigenvalue weighted by Gasteiger charge is -2.43. The first-order valence-electron chi connectivity index (χ1n) is 25.4. The number of hydrogen-bond acceptors (Lipinski definition) is 13. The van der Waals surface area contributed by atoms with E-state index in [4.69, 9.17) is 29.8 Å². The highest BCUT2D eigenvalue weighted by Crippen LogP contribution is 2.25. The van der Waals surface area contributed by atoms with Crippen molar-refractivity contribution < 1.29 is 67.8 Å². The van der Waals surface area contributed by atoms with E-state index in [2.05, 4.69) is 29.8 Å². The minimum Gasteiger partial charge on any atom is -0.481 e. The van der Waals surface area contributed by atoms with Crippen molar-refractivity contribution in [1.29, 1.82) is 0 Å². The third-order valence-electron chi connectivity index (χ3n) is 12.1. The summed E-state index contributed by atoms with van der Waals surface area (Å²) in [5.41, 5.74) is 5.29.